The van der Waals surface area contributed by atoms with Gasteiger partial charge in [-0.05, 0) is 48.2 Å². The first-order chi connectivity index (χ1) is 13.6. The van der Waals surface area contributed by atoms with Crippen LogP contribution in [0.15, 0.2) is 66.0 Å². The summed E-state index contributed by atoms with van der Waals surface area (Å²) >= 11 is 1.35. The lowest BCUT2D eigenvalue weighted by Gasteiger charge is -2.16. The Labute approximate surface area is 166 Å². The highest BCUT2D eigenvalue weighted by Gasteiger charge is 2.22. The van der Waals surface area contributed by atoms with Crippen molar-refractivity contribution in [3.63, 3.8) is 0 Å². The molecule has 4 rings (SSSR count). The fraction of sp³-hybridized carbons (Fsp3) is 0.136. The van der Waals surface area contributed by atoms with E-state index in [9.17, 15) is 14.4 Å². The van der Waals surface area contributed by atoms with Gasteiger partial charge in [-0.15, -0.1) is 11.3 Å². The zero-order valence-corrected chi connectivity index (χ0v) is 15.9. The summed E-state index contributed by atoms with van der Waals surface area (Å²) in [4.78, 5) is 39.7. The zero-order chi connectivity index (χ0) is 19.5. The zero-order valence-electron chi connectivity index (χ0n) is 15.1. The van der Waals surface area contributed by atoms with E-state index in [1.54, 1.807) is 47.4 Å². The van der Waals surface area contributed by atoms with Crippen molar-refractivity contribution < 1.29 is 14.4 Å². The van der Waals surface area contributed by atoms with Gasteiger partial charge < -0.3 is 10.2 Å². The molecule has 1 fully saturated rings. The van der Waals surface area contributed by atoms with E-state index in [0.29, 0.717) is 28.1 Å². The van der Waals surface area contributed by atoms with Gasteiger partial charge in [0.25, 0.3) is 5.91 Å². The third kappa shape index (κ3) is 3.59. The Morgan fingerprint density at radius 3 is 2.32 bits per heavy atom. The fourth-order valence-corrected chi connectivity index (χ4v) is 3.94. The van der Waals surface area contributed by atoms with Crippen molar-refractivity contribution in [2.45, 2.75) is 12.8 Å². The Morgan fingerprint density at radius 1 is 0.929 bits per heavy atom. The average Bonchev–Trinajstić information content (AvgIpc) is 3.40. The third-order valence-electron chi connectivity index (χ3n) is 4.67. The number of hydrogen-bond donors (Lipinski definition) is 1. The van der Waals surface area contributed by atoms with Gasteiger partial charge in [-0.2, -0.15) is 0 Å². The van der Waals surface area contributed by atoms with Gasteiger partial charge >= 0.3 is 0 Å². The number of carbonyl (C=O) groups excluding carboxylic acids is 3. The second-order valence-electron chi connectivity index (χ2n) is 6.50. The molecule has 28 heavy (non-hydrogen) atoms. The first kappa shape index (κ1) is 18.1. The minimum absolute atomic E-state index is 0.123. The summed E-state index contributed by atoms with van der Waals surface area (Å²) in [6.07, 6.45) is 1.44. The molecule has 0 atom stereocenters. The molecular weight excluding hydrogens is 372 g/mol. The molecule has 2 aromatic carbocycles. The molecule has 0 spiro atoms. The Hall–Kier alpha value is -3.25. The smallest absolute Gasteiger partial charge is 0.256 e. The monoisotopic (exact) mass is 390 g/mol. The van der Waals surface area contributed by atoms with Crippen LogP contribution in [0.4, 0.5) is 11.4 Å². The molecule has 5 nitrogen and oxygen atoms in total. The van der Waals surface area contributed by atoms with Crippen molar-refractivity contribution in [1.82, 2.24) is 0 Å². The van der Waals surface area contributed by atoms with Crippen molar-refractivity contribution >= 4 is 40.3 Å². The summed E-state index contributed by atoms with van der Waals surface area (Å²) in [5.41, 5.74) is 2.15. The Balaban J connectivity index is 1.53. The van der Waals surface area contributed by atoms with Crippen LogP contribution < -0.4 is 10.2 Å². The molecule has 0 bridgehead atoms. The van der Waals surface area contributed by atoms with Crippen LogP contribution in [0.25, 0.3) is 0 Å². The topological polar surface area (TPSA) is 66.5 Å². The third-order valence-corrected chi connectivity index (χ3v) is 5.54. The summed E-state index contributed by atoms with van der Waals surface area (Å²) in [5.74, 6) is -0.382. The largest absolute Gasteiger partial charge is 0.322 e. The minimum atomic E-state index is -0.342. The molecule has 1 N–H and O–H groups in total. The van der Waals surface area contributed by atoms with Crippen LogP contribution in [0.1, 0.15) is 38.4 Å². The maximum Gasteiger partial charge on any atom is 0.256 e. The van der Waals surface area contributed by atoms with E-state index in [-0.39, 0.29) is 17.6 Å². The second kappa shape index (κ2) is 7.78. The van der Waals surface area contributed by atoms with E-state index in [1.807, 2.05) is 23.6 Å². The van der Waals surface area contributed by atoms with Gasteiger partial charge in [0.05, 0.1) is 10.4 Å². The predicted molar refractivity (Wildman–Crippen MR) is 110 cm³/mol. The van der Waals surface area contributed by atoms with Crippen molar-refractivity contribution in [2.24, 2.45) is 0 Å². The number of nitrogens with zero attached hydrogens (tertiary/aromatic N) is 1. The number of thiophene rings is 1. The number of benzene rings is 2. The van der Waals surface area contributed by atoms with Gasteiger partial charge in [-0.25, -0.2) is 0 Å². The van der Waals surface area contributed by atoms with Crippen LogP contribution in [0, 0.1) is 0 Å². The Kier molecular flexibility index (Phi) is 5.04. The summed E-state index contributed by atoms with van der Waals surface area (Å²) in [5, 5.41) is 4.67. The molecule has 0 saturated carbocycles. The molecular formula is C22H18N2O3S. The van der Waals surface area contributed by atoms with Crippen LogP contribution in [-0.2, 0) is 4.79 Å². The van der Waals surface area contributed by atoms with E-state index in [4.69, 9.17) is 0 Å². The predicted octanol–water partition coefficient (Wildman–Crippen LogP) is 4.36. The molecule has 1 aliphatic heterocycles. The molecule has 1 aromatic heterocycles. The van der Waals surface area contributed by atoms with Gasteiger partial charge in [0.15, 0.2) is 0 Å². The number of anilines is 2. The number of carbonyl (C=O) groups is 3. The number of nitrogens with one attached hydrogen (secondary N) is 1. The van der Waals surface area contributed by atoms with Crippen LogP contribution in [0.5, 0.6) is 0 Å². The molecule has 140 valence electrons. The SMILES string of the molecule is O=C(Nc1ccc(N2CCCC2=O)cc1)c1ccccc1C(=O)c1cccs1. The minimum Gasteiger partial charge on any atom is -0.322 e. The van der Waals surface area contributed by atoms with Gasteiger partial charge in [0.2, 0.25) is 11.7 Å². The van der Waals surface area contributed by atoms with Crippen LogP contribution in [0.3, 0.4) is 0 Å². The highest BCUT2D eigenvalue weighted by molar-refractivity contribution is 7.12. The van der Waals surface area contributed by atoms with Gasteiger partial charge in [-0.3, -0.25) is 14.4 Å². The quantitative estimate of drug-likeness (QED) is 0.659. The standard InChI is InChI=1S/C22H18N2O3S/c25-20-8-3-13-24(20)16-11-9-15(10-12-16)23-22(27)18-6-2-1-5-17(18)21(26)19-7-4-14-28-19/h1-2,4-7,9-12,14H,3,8,13H2,(H,23,27). The normalized spacial score (nSPS) is 13.6. The molecule has 0 radical (unpaired) electrons. The maximum atomic E-state index is 12.8. The van der Waals surface area contributed by atoms with Crippen molar-refractivity contribution in [2.75, 3.05) is 16.8 Å². The van der Waals surface area contributed by atoms with Crippen LogP contribution in [-0.4, -0.2) is 24.1 Å². The number of ketones is 1. The Morgan fingerprint density at radius 2 is 1.68 bits per heavy atom. The molecule has 0 unspecified atom stereocenters. The van der Waals surface area contributed by atoms with E-state index in [1.165, 1.54) is 11.3 Å². The van der Waals surface area contributed by atoms with Gasteiger partial charge in [0.1, 0.15) is 0 Å². The number of amides is 2. The molecule has 2 heterocycles. The molecule has 1 saturated heterocycles. The second-order valence-corrected chi connectivity index (χ2v) is 7.45. The average molecular weight is 390 g/mol. The lowest BCUT2D eigenvalue weighted by molar-refractivity contribution is -0.117. The van der Waals surface area contributed by atoms with E-state index < -0.39 is 0 Å². The van der Waals surface area contributed by atoms with Crippen molar-refractivity contribution in [3.05, 3.63) is 82.0 Å². The van der Waals surface area contributed by atoms with E-state index >= 15 is 0 Å². The molecule has 2 amide bonds. The number of rotatable bonds is 5. The lowest BCUT2D eigenvalue weighted by Crippen LogP contribution is -2.23. The summed E-state index contributed by atoms with van der Waals surface area (Å²) in [7, 11) is 0. The van der Waals surface area contributed by atoms with Crippen LogP contribution >= 0.6 is 11.3 Å². The summed E-state index contributed by atoms with van der Waals surface area (Å²) in [6.45, 7) is 0.725. The lowest BCUT2D eigenvalue weighted by atomic mass is 10.0. The first-order valence-electron chi connectivity index (χ1n) is 9.02. The summed E-state index contributed by atoms with van der Waals surface area (Å²) in [6, 6.07) is 17.5. The van der Waals surface area contributed by atoms with Crippen molar-refractivity contribution in [1.29, 1.82) is 0 Å². The highest BCUT2D eigenvalue weighted by Crippen LogP contribution is 2.24. The molecule has 0 aliphatic carbocycles. The fourth-order valence-electron chi connectivity index (χ4n) is 3.26. The molecule has 3 aromatic rings. The van der Waals surface area contributed by atoms with Gasteiger partial charge in [-0.1, -0.05) is 24.3 Å². The first-order valence-corrected chi connectivity index (χ1v) is 9.90. The molecule has 6 heteroatoms. The molecule has 1 aliphatic rings. The van der Waals surface area contributed by atoms with E-state index in [2.05, 4.69) is 5.32 Å². The van der Waals surface area contributed by atoms with Gasteiger partial charge in [0, 0.05) is 29.9 Å². The van der Waals surface area contributed by atoms with Crippen LogP contribution in [0.2, 0.25) is 0 Å². The van der Waals surface area contributed by atoms with E-state index in [0.717, 1.165) is 18.7 Å². The number of hydrogen-bond acceptors (Lipinski definition) is 4. The maximum absolute atomic E-state index is 12.8. The summed E-state index contributed by atoms with van der Waals surface area (Å²) < 4.78 is 0. The highest BCUT2D eigenvalue weighted by atomic mass is 32.1. The van der Waals surface area contributed by atoms with Crippen molar-refractivity contribution in [3.8, 4) is 0 Å². The Bertz CT molecular complexity index is 1030.